The highest BCUT2D eigenvalue weighted by Gasteiger charge is 2.19. The predicted molar refractivity (Wildman–Crippen MR) is 72.4 cm³/mol. The lowest BCUT2D eigenvalue weighted by molar-refractivity contribution is 0.0664. The molecule has 1 aromatic carbocycles. The average molecular weight is 244 g/mol. The van der Waals surface area contributed by atoms with Gasteiger partial charge in [-0.05, 0) is 42.4 Å². The van der Waals surface area contributed by atoms with Crippen molar-refractivity contribution < 1.29 is 9.53 Å². The Morgan fingerprint density at radius 1 is 1.22 bits per heavy atom. The standard InChI is InChI=1S/C16H20O2/c1-3-18-16(17)15-10-8-14(9-11-15)13-6-4-12(2)5-7-13/h3,8-13H,1,4-7H2,2H3. The van der Waals surface area contributed by atoms with Gasteiger partial charge in [0.05, 0.1) is 11.8 Å². The van der Waals surface area contributed by atoms with Gasteiger partial charge in [-0.25, -0.2) is 4.79 Å². The summed E-state index contributed by atoms with van der Waals surface area (Å²) in [6, 6.07) is 7.80. The lowest BCUT2D eigenvalue weighted by Crippen LogP contribution is -2.11. The number of ether oxygens (including phenoxy) is 1. The molecule has 0 atom stereocenters. The third-order valence-corrected chi connectivity index (χ3v) is 3.82. The maximum absolute atomic E-state index is 11.5. The normalized spacial score (nSPS) is 23.4. The smallest absolute Gasteiger partial charge is 0.342 e. The summed E-state index contributed by atoms with van der Waals surface area (Å²) < 4.78 is 4.75. The minimum absolute atomic E-state index is 0.339. The van der Waals surface area contributed by atoms with Gasteiger partial charge in [0.1, 0.15) is 0 Å². The summed E-state index contributed by atoms with van der Waals surface area (Å²) in [6.45, 7) is 5.71. The van der Waals surface area contributed by atoms with Gasteiger partial charge in [0.2, 0.25) is 0 Å². The first kappa shape index (κ1) is 12.9. The second-order valence-corrected chi connectivity index (χ2v) is 5.15. The van der Waals surface area contributed by atoms with Crippen molar-refractivity contribution in [1.82, 2.24) is 0 Å². The maximum Gasteiger partial charge on any atom is 0.342 e. The van der Waals surface area contributed by atoms with Crippen molar-refractivity contribution in [2.45, 2.75) is 38.5 Å². The summed E-state index contributed by atoms with van der Waals surface area (Å²) in [6.07, 6.45) is 6.31. The molecule has 96 valence electrons. The molecule has 0 saturated heterocycles. The number of esters is 1. The topological polar surface area (TPSA) is 26.3 Å². The molecule has 0 amide bonds. The first-order chi connectivity index (χ1) is 8.70. The molecule has 0 N–H and O–H groups in total. The van der Waals surface area contributed by atoms with Gasteiger partial charge in [-0.15, -0.1) is 0 Å². The van der Waals surface area contributed by atoms with Crippen LogP contribution >= 0.6 is 0 Å². The lowest BCUT2D eigenvalue weighted by Gasteiger charge is -2.26. The summed E-state index contributed by atoms with van der Waals surface area (Å²) in [4.78, 5) is 11.5. The lowest BCUT2D eigenvalue weighted by atomic mass is 9.79. The van der Waals surface area contributed by atoms with Gasteiger partial charge in [-0.1, -0.05) is 38.5 Å². The van der Waals surface area contributed by atoms with E-state index in [9.17, 15) is 4.79 Å². The Balaban J connectivity index is 2.03. The molecule has 1 aliphatic carbocycles. The monoisotopic (exact) mass is 244 g/mol. The van der Waals surface area contributed by atoms with Gasteiger partial charge in [0.25, 0.3) is 0 Å². The van der Waals surface area contributed by atoms with Crippen LogP contribution in [0.2, 0.25) is 0 Å². The maximum atomic E-state index is 11.5. The second kappa shape index (κ2) is 5.85. The molecule has 1 saturated carbocycles. The van der Waals surface area contributed by atoms with Crippen molar-refractivity contribution in [2.75, 3.05) is 0 Å². The molecule has 1 aliphatic rings. The largest absolute Gasteiger partial charge is 0.432 e. The summed E-state index contributed by atoms with van der Waals surface area (Å²) in [7, 11) is 0. The van der Waals surface area contributed by atoms with Crippen LogP contribution < -0.4 is 0 Å². The second-order valence-electron chi connectivity index (χ2n) is 5.15. The van der Waals surface area contributed by atoms with Crippen molar-refractivity contribution in [2.24, 2.45) is 5.92 Å². The summed E-state index contributed by atoms with van der Waals surface area (Å²) in [5.74, 6) is 1.18. The van der Waals surface area contributed by atoms with E-state index < -0.39 is 0 Å². The van der Waals surface area contributed by atoms with Gasteiger partial charge in [-0.2, -0.15) is 0 Å². The molecule has 0 aliphatic heterocycles. The molecular formula is C16H20O2. The van der Waals surface area contributed by atoms with E-state index in [0.717, 1.165) is 5.92 Å². The van der Waals surface area contributed by atoms with Crippen molar-refractivity contribution in [3.8, 4) is 0 Å². The van der Waals surface area contributed by atoms with E-state index in [-0.39, 0.29) is 5.97 Å². The van der Waals surface area contributed by atoms with Crippen molar-refractivity contribution in [3.63, 3.8) is 0 Å². The van der Waals surface area contributed by atoms with Crippen LogP contribution in [-0.2, 0) is 4.74 Å². The Morgan fingerprint density at radius 2 is 1.83 bits per heavy atom. The van der Waals surface area contributed by atoms with Crippen LogP contribution in [0, 0.1) is 5.92 Å². The summed E-state index contributed by atoms with van der Waals surface area (Å²) in [5, 5.41) is 0. The highest BCUT2D eigenvalue weighted by atomic mass is 16.5. The number of carbonyl (C=O) groups is 1. The molecule has 1 aromatic rings. The summed E-state index contributed by atoms with van der Waals surface area (Å²) in [5.41, 5.74) is 1.93. The molecule has 0 aromatic heterocycles. The number of benzene rings is 1. The molecule has 2 nitrogen and oxygen atoms in total. The van der Waals surface area contributed by atoms with Gasteiger partial charge in [0.15, 0.2) is 0 Å². The molecule has 0 heterocycles. The Morgan fingerprint density at radius 3 is 2.39 bits per heavy atom. The number of carbonyl (C=O) groups excluding carboxylic acids is 1. The van der Waals surface area contributed by atoms with E-state index >= 15 is 0 Å². The fourth-order valence-electron chi connectivity index (χ4n) is 2.63. The molecule has 2 heteroatoms. The molecule has 2 rings (SSSR count). The van der Waals surface area contributed by atoms with Crippen LogP contribution in [0.15, 0.2) is 37.1 Å². The van der Waals surface area contributed by atoms with Crippen LogP contribution in [0.25, 0.3) is 0 Å². The zero-order valence-electron chi connectivity index (χ0n) is 10.9. The van der Waals surface area contributed by atoms with Crippen LogP contribution in [0.1, 0.15) is 54.4 Å². The zero-order chi connectivity index (χ0) is 13.0. The minimum atomic E-state index is -0.339. The fraction of sp³-hybridized carbons (Fsp3) is 0.438. The number of hydrogen-bond donors (Lipinski definition) is 0. The average Bonchev–Trinajstić information content (AvgIpc) is 2.40. The number of rotatable bonds is 3. The van der Waals surface area contributed by atoms with Crippen LogP contribution in [0.3, 0.4) is 0 Å². The van der Waals surface area contributed by atoms with Gasteiger partial charge < -0.3 is 4.74 Å². The van der Waals surface area contributed by atoms with Crippen LogP contribution in [0.5, 0.6) is 0 Å². The van der Waals surface area contributed by atoms with Crippen molar-refractivity contribution >= 4 is 5.97 Å². The molecule has 0 bridgehead atoms. The third kappa shape index (κ3) is 3.00. The highest BCUT2D eigenvalue weighted by Crippen LogP contribution is 2.35. The molecule has 0 spiro atoms. The predicted octanol–water partition coefficient (Wildman–Crippen LogP) is 4.28. The Bertz CT molecular complexity index is 411. The van der Waals surface area contributed by atoms with Crippen LogP contribution in [0.4, 0.5) is 0 Å². The minimum Gasteiger partial charge on any atom is -0.432 e. The van der Waals surface area contributed by atoms with E-state index in [0.29, 0.717) is 11.5 Å². The number of hydrogen-bond acceptors (Lipinski definition) is 2. The van der Waals surface area contributed by atoms with E-state index in [4.69, 9.17) is 4.74 Å². The quantitative estimate of drug-likeness (QED) is 0.586. The molecule has 0 radical (unpaired) electrons. The molecule has 1 fully saturated rings. The van der Waals surface area contributed by atoms with Gasteiger partial charge in [0, 0.05) is 0 Å². The first-order valence-corrected chi connectivity index (χ1v) is 6.62. The van der Waals surface area contributed by atoms with Crippen molar-refractivity contribution in [1.29, 1.82) is 0 Å². The fourth-order valence-corrected chi connectivity index (χ4v) is 2.63. The van der Waals surface area contributed by atoms with Gasteiger partial charge >= 0.3 is 5.97 Å². The Hall–Kier alpha value is -1.57. The van der Waals surface area contributed by atoms with E-state index in [2.05, 4.69) is 25.6 Å². The SMILES string of the molecule is C=COC(=O)c1ccc(C2CCC(C)CC2)cc1. The van der Waals surface area contributed by atoms with E-state index in [1.165, 1.54) is 37.5 Å². The Labute approximate surface area is 109 Å². The highest BCUT2D eigenvalue weighted by molar-refractivity contribution is 5.89. The molecule has 0 unspecified atom stereocenters. The van der Waals surface area contributed by atoms with E-state index in [1.54, 1.807) is 0 Å². The van der Waals surface area contributed by atoms with Gasteiger partial charge in [-0.3, -0.25) is 0 Å². The first-order valence-electron chi connectivity index (χ1n) is 6.62. The third-order valence-electron chi connectivity index (χ3n) is 3.82. The summed E-state index contributed by atoms with van der Waals surface area (Å²) >= 11 is 0. The van der Waals surface area contributed by atoms with Crippen LogP contribution in [-0.4, -0.2) is 5.97 Å². The molecular weight excluding hydrogens is 224 g/mol. The van der Waals surface area contributed by atoms with Crippen molar-refractivity contribution in [3.05, 3.63) is 48.2 Å². The van der Waals surface area contributed by atoms with E-state index in [1.807, 2.05) is 12.1 Å². The molecule has 18 heavy (non-hydrogen) atoms. The Kier molecular flexibility index (Phi) is 4.19. The zero-order valence-corrected chi connectivity index (χ0v) is 10.9.